The SMILES string of the molecule is CCn1cc(NC(=O)c2ccn(COc3c(Cl)cccc3Cl)n2)c(C(=O)NC)n1. The van der Waals surface area contributed by atoms with E-state index in [0.717, 1.165) is 0 Å². The number of amides is 2. The van der Waals surface area contributed by atoms with Crippen molar-refractivity contribution in [3.05, 3.63) is 58.1 Å². The predicted molar refractivity (Wildman–Crippen MR) is 109 cm³/mol. The largest absolute Gasteiger partial charge is 0.468 e. The number of aromatic nitrogens is 4. The summed E-state index contributed by atoms with van der Waals surface area (Å²) in [5.74, 6) is -0.553. The first-order chi connectivity index (χ1) is 13.9. The maximum atomic E-state index is 12.5. The van der Waals surface area contributed by atoms with Gasteiger partial charge in [0.15, 0.2) is 23.9 Å². The van der Waals surface area contributed by atoms with E-state index in [-0.39, 0.29) is 18.1 Å². The first kappa shape index (κ1) is 20.7. The van der Waals surface area contributed by atoms with E-state index in [2.05, 4.69) is 20.8 Å². The van der Waals surface area contributed by atoms with Crippen LogP contribution in [0.1, 0.15) is 27.9 Å². The number of rotatable bonds is 7. The molecule has 0 radical (unpaired) electrons. The van der Waals surface area contributed by atoms with Gasteiger partial charge in [0.25, 0.3) is 11.8 Å². The van der Waals surface area contributed by atoms with Gasteiger partial charge >= 0.3 is 0 Å². The van der Waals surface area contributed by atoms with Crippen molar-refractivity contribution < 1.29 is 14.3 Å². The van der Waals surface area contributed by atoms with Gasteiger partial charge in [-0.3, -0.25) is 14.3 Å². The highest BCUT2D eigenvalue weighted by Crippen LogP contribution is 2.32. The van der Waals surface area contributed by atoms with Crippen LogP contribution in [-0.2, 0) is 13.3 Å². The van der Waals surface area contributed by atoms with Gasteiger partial charge in [0.2, 0.25) is 0 Å². The van der Waals surface area contributed by atoms with Gasteiger partial charge in [-0.15, -0.1) is 0 Å². The Morgan fingerprint density at radius 2 is 1.83 bits per heavy atom. The number of anilines is 1. The summed E-state index contributed by atoms with van der Waals surface area (Å²) in [5.41, 5.74) is 0.564. The highest BCUT2D eigenvalue weighted by Gasteiger charge is 2.19. The summed E-state index contributed by atoms with van der Waals surface area (Å²) >= 11 is 12.1. The van der Waals surface area contributed by atoms with Crippen LogP contribution in [0.25, 0.3) is 0 Å². The lowest BCUT2D eigenvalue weighted by atomic mass is 10.3. The molecule has 0 fully saturated rings. The lowest BCUT2D eigenvalue weighted by molar-refractivity contribution is 0.0958. The molecule has 3 rings (SSSR count). The van der Waals surface area contributed by atoms with Gasteiger partial charge < -0.3 is 15.4 Å². The van der Waals surface area contributed by atoms with Crippen molar-refractivity contribution in [2.75, 3.05) is 12.4 Å². The number of ether oxygens (including phenoxy) is 1. The Morgan fingerprint density at radius 1 is 1.10 bits per heavy atom. The van der Waals surface area contributed by atoms with Crippen LogP contribution in [0, 0.1) is 0 Å². The third-order valence-electron chi connectivity index (χ3n) is 3.91. The maximum absolute atomic E-state index is 12.5. The molecule has 29 heavy (non-hydrogen) atoms. The summed E-state index contributed by atoms with van der Waals surface area (Å²) in [5, 5.41) is 14.2. The third-order valence-corrected chi connectivity index (χ3v) is 4.50. The molecule has 2 heterocycles. The number of aryl methyl sites for hydroxylation is 1. The molecule has 3 aromatic rings. The van der Waals surface area contributed by atoms with Crippen LogP contribution in [0.4, 0.5) is 5.69 Å². The number of benzene rings is 1. The fourth-order valence-electron chi connectivity index (χ4n) is 2.45. The zero-order valence-electron chi connectivity index (χ0n) is 15.6. The van der Waals surface area contributed by atoms with Crippen molar-refractivity contribution in [1.29, 1.82) is 0 Å². The van der Waals surface area contributed by atoms with Crippen LogP contribution >= 0.6 is 23.2 Å². The number of nitrogens with zero attached hydrogens (tertiary/aromatic N) is 4. The molecule has 152 valence electrons. The van der Waals surface area contributed by atoms with E-state index in [1.54, 1.807) is 35.3 Å². The molecule has 2 N–H and O–H groups in total. The molecule has 2 amide bonds. The average Bonchev–Trinajstić information content (AvgIpc) is 3.34. The summed E-state index contributed by atoms with van der Waals surface area (Å²) in [6, 6.07) is 6.55. The summed E-state index contributed by atoms with van der Waals surface area (Å²) < 4.78 is 8.56. The molecule has 0 spiro atoms. The minimum atomic E-state index is -0.486. The lowest BCUT2D eigenvalue weighted by Crippen LogP contribution is -2.22. The highest BCUT2D eigenvalue weighted by atomic mass is 35.5. The molecule has 0 saturated heterocycles. The Balaban J connectivity index is 1.70. The van der Waals surface area contributed by atoms with Gasteiger partial charge in [0.1, 0.15) is 0 Å². The van der Waals surface area contributed by atoms with Crippen LogP contribution in [0.15, 0.2) is 36.7 Å². The lowest BCUT2D eigenvalue weighted by Gasteiger charge is -2.09. The molecule has 0 bridgehead atoms. The first-order valence-electron chi connectivity index (χ1n) is 8.64. The van der Waals surface area contributed by atoms with E-state index in [0.29, 0.717) is 28.0 Å². The number of para-hydroxylation sites is 1. The molecule has 1 aromatic carbocycles. The van der Waals surface area contributed by atoms with E-state index in [9.17, 15) is 9.59 Å². The fourth-order valence-corrected chi connectivity index (χ4v) is 2.96. The van der Waals surface area contributed by atoms with Crippen LogP contribution in [0.5, 0.6) is 5.75 Å². The number of carbonyl (C=O) groups is 2. The topological polar surface area (TPSA) is 103 Å². The molecular weight excluding hydrogens is 419 g/mol. The van der Waals surface area contributed by atoms with Gasteiger partial charge in [-0.25, -0.2) is 4.68 Å². The van der Waals surface area contributed by atoms with E-state index >= 15 is 0 Å². The number of halogens is 2. The van der Waals surface area contributed by atoms with Crippen LogP contribution in [0.3, 0.4) is 0 Å². The highest BCUT2D eigenvalue weighted by molar-refractivity contribution is 6.37. The van der Waals surface area contributed by atoms with Gasteiger partial charge in [0.05, 0.1) is 15.7 Å². The van der Waals surface area contributed by atoms with Crippen molar-refractivity contribution in [3.63, 3.8) is 0 Å². The smallest absolute Gasteiger partial charge is 0.276 e. The quantitative estimate of drug-likeness (QED) is 0.592. The zero-order valence-corrected chi connectivity index (χ0v) is 17.2. The fraction of sp³-hybridized carbons (Fsp3) is 0.222. The molecule has 2 aromatic heterocycles. The predicted octanol–water partition coefficient (Wildman–Crippen LogP) is 3.05. The zero-order chi connectivity index (χ0) is 21.0. The normalized spacial score (nSPS) is 10.6. The minimum absolute atomic E-state index is 0.00793. The summed E-state index contributed by atoms with van der Waals surface area (Å²) in [7, 11) is 1.49. The number of carbonyl (C=O) groups excluding carboxylic acids is 2. The van der Waals surface area contributed by atoms with Crippen molar-refractivity contribution >= 4 is 40.7 Å². The molecule has 0 unspecified atom stereocenters. The number of hydrogen-bond acceptors (Lipinski definition) is 5. The van der Waals surface area contributed by atoms with E-state index in [1.165, 1.54) is 17.8 Å². The van der Waals surface area contributed by atoms with Crippen molar-refractivity contribution in [2.24, 2.45) is 0 Å². The Bertz CT molecular complexity index is 1030. The number of hydrogen-bond donors (Lipinski definition) is 2. The maximum Gasteiger partial charge on any atom is 0.276 e. The molecule has 11 heteroatoms. The van der Waals surface area contributed by atoms with E-state index in [4.69, 9.17) is 27.9 Å². The molecular formula is C18H18Cl2N6O3. The Hall–Kier alpha value is -3.04. The van der Waals surface area contributed by atoms with Gasteiger partial charge in [-0.05, 0) is 25.1 Å². The minimum Gasteiger partial charge on any atom is -0.468 e. The second-order valence-electron chi connectivity index (χ2n) is 5.84. The monoisotopic (exact) mass is 436 g/mol. The van der Waals surface area contributed by atoms with E-state index < -0.39 is 11.8 Å². The van der Waals surface area contributed by atoms with Crippen LogP contribution < -0.4 is 15.4 Å². The van der Waals surface area contributed by atoms with Crippen LogP contribution in [-0.4, -0.2) is 38.4 Å². The molecule has 0 atom stereocenters. The molecule has 0 saturated carbocycles. The standard InChI is InChI=1S/C18H18Cl2N6O3/c1-3-25-9-14(15(24-25)18(28)21-2)22-17(27)13-7-8-26(23-13)10-29-16-11(19)5-4-6-12(16)20/h4-9H,3,10H2,1-2H3,(H,21,28)(H,22,27). The molecule has 0 aliphatic heterocycles. The molecule has 9 nitrogen and oxygen atoms in total. The summed E-state index contributed by atoms with van der Waals surface area (Å²) in [6.45, 7) is 2.43. The van der Waals surface area contributed by atoms with Crippen LogP contribution in [0.2, 0.25) is 10.0 Å². The Kier molecular flexibility index (Phi) is 6.40. The Morgan fingerprint density at radius 3 is 2.48 bits per heavy atom. The first-order valence-corrected chi connectivity index (χ1v) is 9.39. The van der Waals surface area contributed by atoms with Gasteiger partial charge in [-0.2, -0.15) is 10.2 Å². The van der Waals surface area contributed by atoms with Crippen molar-refractivity contribution in [3.8, 4) is 5.75 Å². The third kappa shape index (κ3) is 4.69. The summed E-state index contributed by atoms with van der Waals surface area (Å²) in [6.07, 6.45) is 3.16. The molecule has 0 aliphatic rings. The summed E-state index contributed by atoms with van der Waals surface area (Å²) in [4.78, 5) is 24.5. The molecule has 0 aliphatic carbocycles. The van der Waals surface area contributed by atoms with Gasteiger partial charge in [0, 0.05) is 26.0 Å². The number of nitrogens with one attached hydrogen (secondary N) is 2. The second-order valence-corrected chi connectivity index (χ2v) is 6.66. The van der Waals surface area contributed by atoms with Crippen molar-refractivity contribution in [2.45, 2.75) is 20.2 Å². The second kappa shape index (κ2) is 8.97. The average molecular weight is 437 g/mol. The van der Waals surface area contributed by atoms with Gasteiger partial charge in [-0.1, -0.05) is 29.3 Å². The van der Waals surface area contributed by atoms with Crippen molar-refractivity contribution in [1.82, 2.24) is 24.9 Å². The van der Waals surface area contributed by atoms with E-state index in [1.807, 2.05) is 6.92 Å². The Labute approximate surface area is 176 Å².